The molecule has 0 unspecified atom stereocenters. The fraction of sp³-hybridized carbons (Fsp3) is 0.0667. The molecule has 0 aliphatic rings. The molecule has 2 aromatic carbocycles. The smallest absolute Gasteiger partial charge is 0.0499 e. The van der Waals surface area contributed by atoms with Crippen LogP contribution in [-0.2, 0) is 6.54 Å². The lowest BCUT2D eigenvalue weighted by Crippen LogP contribution is -1.97. The van der Waals surface area contributed by atoms with E-state index in [2.05, 4.69) is 22.9 Å². The summed E-state index contributed by atoms with van der Waals surface area (Å²) >= 11 is 12.2. The predicted octanol–water partition coefficient (Wildman–Crippen LogP) is 5.00. The van der Waals surface area contributed by atoms with Gasteiger partial charge >= 0.3 is 0 Å². The van der Waals surface area contributed by atoms with Crippen LogP contribution < -0.4 is 0 Å². The van der Waals surface area contributed by atoms with Gasteiger partial charge in [0.25, 0.3) is 0 Å². The second kappa shape index (κ2) is 4.68. The van der Waals surface area contributed by atoms with Crippen LogP contribution in [0.15, 0.2) is 54.7 Å². The second-order valence-electron chi connectivity index (χ2n) is 4.25. The van der Waals surface area contributed by atoms with Gasteiger partial charge in [-0.3, -0.25) is 0 Å². The SMILES string of the molecule is Clc1cccc(Cn2ccc3c(Cl)cccc32)c1. The van der Waals surface area contributed by atoms with Crippen molar-refractivity contribution in [3.05, 3.63) is 70.3 Å². The summed E-state index contributed by atoms with van der Waals surface area (Å²) in [7, 11) is 0. The molecule has 1 nitrogen and oxygen atoms in total. The van der Waals surface area contributed by atoms with Crippen molar-refractivity contribution in [3.63, 3.8) is 0 Å². The maximum absolute atomic E-state index is 6.16. The van der Waals surface area contributed by atoms with E-state index in [9.17, 15) is 0 Å². The van der Waals surface area contributed by atoms with Crippen molar-refractivity contribution < 1.29 is 0 Å². The number of benzene rings is 2. The van der Waals surface area contributed by atoms with Crippen LogP contribution in [0.5, 0.6) is 0 Å². The third-order valence-electron chi connectivity index (χ3n) is 3.00. The van der Waals surface area contributed by atoms with Crippen LogP contribution in [0.3, 0.4) is 0 Å². The average molecular weight is 276 g/mol. The molecule has 0 radical (unpaired) electrons. The highest BCUT2D eigenvalue weighted by atomic mass is 35.5. The molecule has 0 spiro atoms. The molecule has 0 saturated carbocycles. The highest BCUT2D eigenvalue weighted by molar-refractivity contribution is 6.35. The fourth-order valence-corrected chi connectivity index (χ4v) is 2.60. The molecule has 3 heteroatoms. The molecule has 0 atom stereocenters. The summed E-state index contributed by atoms with van der Waals surface area (Å²) in [6, 6.07) is 15.9. The van der Waals surface area contributed by atoms with Crippen molar-refractivity contribution in [3.8, 4) is 0 Å². The zero-order valence-electron chi connectivity index (χ0n) is 9.61. The molecule has 0 aliphatic heterocycles. The predicted molar refractivity (Wildman–Crippen MR) is 77.5 cm³/mol. The first-order chi connectivity index (χ1) is 8.74. The Balaban J connectivity index is 2.03. The van der Waals surface area contributed by atoms with Gasteiger partial charge in [0.1, 0.15) is 0 Å². The van der Waals surface area contributed by atoms with E-state index in [1.54, 1.807) is 0 Å². The second-order valence-corrected chi connectivity index (χ2v) is 5.09. The molecule has 18 heavy (non-hydrogen) atoms. The third kappa shape index (κ3) is 2.12. The van der Waals surface area contributed by atoms with Crippen LogP contribution in [0.1, 0.15) is 5.56 Å². The summed E-state index contributed by atoms with van der Waals surface area (Å²) in [5.74, 6) is 0. The number of rotatable bonds is 2. The lowest BCUT2D eigenvalue weighted by Gasteiger charge is -2.06. The Kier molecular flexibility index (Phi) is 3.02. The lowest BCUT2D eigenvalue weighted by atomic mass is 10.2. The number of fused-ring (bicyclic) bond motifs is 1. The molecular formula is C15H11Cl2N. The molecule has 0 amide bonds. The summed E-state index contributed by atoms with van der Waals surface area (Å²) in [5.41, 5.74) is 2.32. The van der Waals surface area contributed by atoms with Crippen molar-refractivity contribution in [1.29, 1.82) is 0 Å². The molecule has 0 N–H and O–H groups in total. The molecule has 0 saturated heterocycles. The van der Waals surface area contributed by atoms with Crippen LogP contribution in [0.4, 0.5) is 0 Å². The monoisotopic (exact) mass is 275 g/mol. The van der Waals surface area contributed by atoms with Crippen molar-refractivity contribution in [1.82, 2.24) is 4.57 Å². The number of aromatic nitrogens is 1. The molecule has 0 bridgehead atoms. The number of halogens is 2. The van der Waals surface area contributed by atoms with Gasteiger partial charge < -0.3 is 4.57 Å². The van der Waals surface area contributed by atoms with Crippen LogP contribution in [0, 0.1) is 0 Å². The van der Waals surface area contributed by atoms with Crippen molar-refractivity contribution in [2.45, 2.75) is 6.54 Å². The van der Waals surface area contributed by atoms with E-state index in [1.807, 2.05) is 36.4 Å². The van der Waals surface area contributed by atoms with Crippen LogP contribution in [0.25, 0.3) is 10.9 Å². The lowest BCUT2D eigenvalue weighted by molar-refractivity contribution is 0.837. The minimum Gasteiger partial charge on any atom is -0.343 e. The maximum atomic E-state index is 6.16. The Hall–Kier alpha value is -1.44. The van der Waals surface area contributed by atoms with Crippen molar-refractivity contribution in [2.24, 2.45) is 0 Å². The molecule has 0 fully saturated rings. The molecule has 1 heterocycles. The molecule has 90 valence electrons. The van der Waals surface area contributed by atoms with E-state index in [0.29, 0.717) is 0 Å². The van der Waals surface area contributed by atoms with Crippen LogP contribution >= 0.6 is 23.2 Å². The van der Waals surface area contributed by atoms with Crippen LogP contribution in [0.2, 0.25) is 10.0 Å². The Morgan fingerprint density at radius 2 is 1.78 bits per heavy atom. The Morgan fingerprint density at radius 1 is 0.944 bits per heavy atom. The standard InChI is InChI=1S/C15H11Cl2N/c16-12-4-1-3-11(9-12)10-18-8-7-13-14(17)5-2-6-15(13)18/h1-9H,10H2. The zero-order chi connectivity index (χ0) is 12.5. The fourth-order valence-electron chi connectivity index (χ4n) is 2.16. The minimum atomic E-state index is 0.766. The van der Waals surface area contributed by atoms with Gasteiger partial charge in [-0.2, -0.15) is 0 Å². The first-order valence-corrected chi connectivity index (χ1v) is 6.47. The first-order valence-electron chi connectivity index (χ1n) is 5.72. The normalized spacial score (nSPS) is 11.0. The molecule has 0 aliphatic carbocycles. The average Bonchev–Trinajstić information content (AvgIpc) is 2.74. The van der Waals surface area contributed by atoms with E-state index in [-0.39, 0.29) is 0 Å². The van der Waals surface area contributed by atoms with Gasteiger partial charge in [0.05, 0.1) is 0 Å². The third-order valence-corrected chi connectivity index (χ3v) is 3.57. The number of hydrogen-bond donors (Lipinski definition) is 0. The topological polar surface area (TPSA) is 4.93 Å². The minimum absolute atomic E-state index is 0.766. The van der Waals surface area contributed by atoms with Crippen molar-refractivity contribution >= 4 is 34.1 Å². The summed E-state index contributed by atoms with van der Waals surface area (Å²) in [6.07, 6.45) is 2.05. The summed E-state index contributed by atoms with van der Waals surface area (Å²) < 4.78 is 2.17. The first kappa shape index (κ1) is 11.6. The Morgan fingerprint density at radius 3 is 2.61 bits per heavy atom. The summed E-state index contributed by atoms with van der Waals surface area (Å²) in [4.78, 5) is 0. The molecular weight excluding hydrogens is 265 g/mol. The van der Waals surface area contributed by atoms with E-state index in [1.165, 1.54) is 5.56 Å². The summed E-state index contributed by atoms with van der Waals surface area (Å²) in [5, 5.41) is 2.64. The Labute approximate surface area is 116 Å². The number of hydrogen-bond acceptors (Lipinski definition) is 0. The largest absolute Gasteiger partial charge is 0.343 e. The van der Waals surface area contributed by atoms with Gasteiger partial charge in [0.2, 0.25) is 0 Å². The van der Waals surface area contributed by atoms with E-state index >= 15 is 0 Å². The van der Waals surface area contributed by atoms with Crippen molar-refractivity contribution in [2.75, 3.05) is 0 Å². The zero-order valence-corrected chi connectivity index (χ0v) is 11.1. The van der Waals surface area contributed by atoms with E-state index in [4.69, 9.17) is 23.2 Å². The van der Waals surface area contributed by atoms with Gasteiger partial charge in [-0.05, 0) is 35.9 Å². The quantitative estimate of drug-likeness (QED) is 0.621. The molecule has 3 rings (SSSR count). The van der Waals surface area contributed by atoms with Gasteiger partial charge in [-0.25, -0.2) is 0 Å². The van der Waals surface area contributed by atoms with Crippen LogP contribution in [-0.4, -0.2) is 4.57 Å². The molecule has 1 aromatic heterocycles. The van der Waals surface area contributed by atoms with Gasteiger partial charge in [0.15, 0.2) is 0 Å². The Bertz CT molecular complexity index is 701. The van der Waals surface area contributed by atoms with Gasteiger partial charge in [-0.1, -0.05) is 41.4 Å². The van der Waals surface area contributed by atoms with E-state index in [0.717, 1.165) is 27.5 Å². The highest BCUT2D eigenvalue weighted by Gasteiger charge is 2.04. The van der Waals surface area contributed by atoms with Gasteiger partial charge in [0, 0.05) is 33.7 Å². The highest BCUT2D eigenvalue weighted by Crippen LogP contribution is 2.25. The van der Waals surface area contributed by atoms with E-state index < -0.39 is 0 Å². The summed E-state index contributed by atoms with van der Waals surface area (Å²) in [6.45, 7) is 0.796. The number of nitrogens with zero attached hydrogens (tertiary/aromatic N) is 1. The maximum Gasteiger partial charge on any atom is 0.0499 e. The molecule has 3 aromatic rings. The van der Waals surface area contributed by atoms with Gasteiger partial charge in [-0.15, -0.1) is 0 Å².